The number of ether oxygens (including phenoxy) is 3. The normalized spacial score (nSPS) is 14.7. The van der Waals surface area contributed by atoms with Crippen LogP contribution in [0.15, 0.2) is 57.6 Å². The molecule has 7 nitrogen and oxygen atoms in total. The van der Waals surface area contributed by atoms with Crippen LogP contribution in [0, 0.1) is 0 Å². The standard InChI is InChI=1S/C19H15BrN2O5/c1-25-16-9-11(6-7-15(16)26-10-17(21)23)8-14-19(24)27-18(22-14)12-4-2-3-5-13(12)20/h2-9H,10H2,1H3,(H2,21,23)/b14-8-. The molecule has 0 fully saturated rings. The number of methoxy groups -OCH3 is 1. The van der Waals surface area contributed by atoms with Gasteiger partial charge in [-0.1, -0.05) is 18.2 Å². The van der Waals surface area contributed by atoms with Crippen molar-refractivity contribution in [3.05, 3.63) is 63.8 Å². The molecule has 0 unspecified atom stereocenters. The van der Waals surface area contributed by atoms with Gasteiger partial charge in [0.25, 0.3) is 5.91 Å². The third-order valence-electron chi connectivity index (χ3n) is 3.59. The maximum absolute atomic E-state index is 12.1. The number of hydrogen-bond acceptors (Lipinski definition) is 6. The van der Waals surface area contributed by atoms with Gasteiger partial charge in [0.1, 0.15) is 0 Å². The van der Waals surface area contributed by atoms with E-state index >= 15 is 0 Å². The Bertz CT molecular complexity index is 968. The molecule has 1 amide bonds. The zero-order valence-electron chi connectivity index (χ0n) is 14.3. The number of primary amides is 1. The van der Waals surface area contributed by atoms with E-state index in [0.29, 0.717) is 22.6 Å². The van der Waals surface area contributed by atoms with Crippen LogP contribution >= 0.6 is 15.9 Å². The first-order valence-corrected chi connectivity index (χ1v) is 8.64. The Balaban J connectivity index is 1.88. The summed E-state index contributed by atoms with van der Waals surface area (Å²) in [7, 11) is 1.47. The fourth-order valence-corrected chi connectivity index (χ4v) is 2.81. The molecule has 0 atom stereocenters. The molecule has 1 aliphatic heterocycles. The number of rotatable bonds is 6. The molecule has 2 aromatic rings. The van der Waals surface area contributed by atoms with Crippen molar-refractivity contribution in [1.82, 2.24) is 0 Å². The van der Waals surface area contributed by atoms with E-state index in [1.807, 2.05) is 18.2 Å². The van der Waals surface area contributed by atoms with Gasteiger partial charge in [-0.2, -0.15) is 0 Å². The molecule has 1 heterocycles. The predicted molar refractivity (Wildman–Crippen MR) is 102 cm³/mol. The minimum absolute atomic E-state index is 0.161. The molecule has 27 heavy (non-hydrogen) atoms. The molecule has 0 spiro atoms. The van der Waals surface area contributed by atoms with Crippen LogP contribution in [-0.2, 0) is 14.3 Å². The molecule has 2 aromatic carbocycles. The summed E-state index contributed by atoms with van der Waals surface area (Å²) in [6.07, 6.45) is 1.58. The van der Waals surface area contributed by atoms with Crippen molar-refractivity contribution in [2.24, 2.45) is 10.7 Å². The van der Waals surface area contributed by atoms with Crippen LogP contribution in [0.3, 0.4) is 0 Å². The maximum Gasteiger partial charge on any atom is 0.363 e. The summed E-state index contributed by atoms with van der Waals surface area (Å²) in [5, 5.41) is 0. The van der Waals surface area contributed by atoms with Crippen LogP contribution in [-0.4, -0.2) is 31.5 Å². The van der Waals surface area contributed by atoms with Crippen LogP contribution in [0.25, 0.3) is 6.08 Å². The number of aliphatic imine (C=N–C) groups is 1. The summed E-state index contributed by atoms with van der Waals surface area (Å²) in [4.78, 5) is 27.3. The van der Waals surface area contributed by atoms with Gasteiger partial charge in [0, 0.05) is 4.47 Å². The van der Waals surface area contributed by atoms with Gasteiger partial charge in [-0.05, 0) is 51.8 Å². The summed E-state index contributed by atoms with van der Waals surface area (Å²) in [5.74, 6) is -0.149. The lowest BCUT2D eigenvalue weighted by Gasteiger charge is -2.09. The number of halogens is 1. The molecule has 0 saturated carbocycles. The molecule has 1 aliphatic rings. The number of cyclic esters (lactones) is 1. The second-order valence-electron chi connectivity index (χ2n) is 5.48. The Labute approximate surface area is 163 Å². The van der Waals surface area contributed by atoms with E-state index in [-0.39, 0.29) is 18.2 Å². The Morgan fingerprint density at radius 1 is 1.26 bits per heavy atom. The van der Waals surface area contributed by atoms with Gasteiger partial charge in [-0.25, -0.2) is 9.79 Å². The predicted octanol–water partition coefficient (Wildman–Crippen LogP) is 2.67. The van der Waals surface area contributed by atoms with Gasteiger partial charge in [0.15, 0.2) is 23.8 Å². The molecule has 0 saturated heterocycles. The van der Waals surface area contributed by atoms with E-state index in [9.17, 15) is 9.59 Å². The highest BCUT2D eigenvalue weighted by molar-refractivity contribution is 9.10. The Morgan fingerprint density at radius 2 is 2.04 bits per heavy atom. The van der Waals surface area contributed by atoms with Crippen molar-refractivity contribution >= 4 is 39.8 Å². The molecule has 0 aliphatic carbocycles. The fourth-order valence-electron chi connectivity index (χ4n) is 2.36. The van der Waals surface area contributed by atoms with Gasteiger partial charge >= 0.3 is 5.97 Å². The van der Waals surface area contributed by atoms with E-state index in [1.165, 1.54) is 7.11 Å². The molecular weight excluding hydrogens is 416 g/mol. The van der Waals surface area contributed by atoms with E-state index in [2.05, 4.69) is 20.9 Å². The maximum atomic E-state index is 12.1. The molecular formula is C19H15BrN2O5. The Hall–Kier alpha value is -3.13. The molecule has 138 valence electrons. The Morgan fingerprint density at radius 3 is 2.74 bits per heavy atom. The third kappa shape index (κ3) is 4.35. The topological polar surface area (TPSA) is 100 Å². The molecule has 0 aromatic heterocycles. The van der Waals surface area contributed by atoms with Gasteiger partial charge in [-0.3, -0.25) is 4.79 Å². The average molecular weight is 431 g/mol. The number of esters is 1. The van der Waals surface area contributed by atoms with Crippen molar-refractivity contribution in [3.63, 3.8) is 0 Å². The first-order chi connectivity index (χ1) is 13.0. The Kier molecular flexibility index (Phi) is 5.56. The lowest BCUT2D eigenvalue weighted by atomic mass is 10.1. The number of nitrogens with zero attached hydrogens (tertiary/aromatic N) is 1. The van der Waals surface area contributed by atoms with Crippen LogP contribution < -0.4 is 15.2 Å². The van der Waals surface area contributed by atoms with Gasteiger partial charge < -0.3 is 19.9 Å². The highest BCUT2D eigenvalue weighted by Gasteiger charge is 2.25. The molecule has 3 rings (SSSR count). The van der Waals surface area contributed by atoms with Gasteiger partial charge in [0.2, 0.25) is 5.90 Å². The number of benzene rings is 2. The van der Waals surface area contributed by atoms with Crippen LogP contribution in [0.5, 0.6) is 11.5 Å². The van der Waals surface area contributed by atoms with E-state index in [1.54, 1.807) is 30.3 Å². The highest BCUT2D eigenvalue weighted by Crippen LogP contribution is 2.30. The number of carbonyl (C=O) groups excluding carboxylic acids is 2. The summed E-state index contributed by atoms with van der Waals surface area (Å²) in [6.45, 7) is -0.261. The van der Waals surface area contributed by atoms with Crippen molar-refractivity contribution in [3.8, 4) is 11.5 Å². The van der Waals surface area contributed by atoms with Crippen molar-refractivity contribution in [2.75, 3.05) is 13.7 Å². The molecule has 0 radical (unpaired) electrons. The van der Waals surface area contributed by atoms with E-state index < -0.39 is 11.9 Å². The zero-order chi connectivity index (χ0) is 19.4. The quantitative estimate of drug-likeness (QED) is 0.560. The van der Waals surface area contributed by atoms with Crippen molar-refractivity contribution in [2.45, 2.75) is 0 Å². The van der Waals surface area contributed by atoms with Crippen LogP contribution in [0.4, 0.5) is 0 Å². The minimum Gasteiger partial charge on any atom is -0.493 e. The first kappa shape index (κ1) is 18.7. The van der Waals surface area contributed by atoms with Crippen molar-refractivity contribution in [1.29, 1.82) is 0 Å². The smallest absolute Gasteiger partial charge is 0.363 e. The molecule has 8 heteroatoms. The van der Waals surface area contributed by atoms with Crippen LogP contribution in [0.1, 0.15) is 11.1 Å². The van der Waals surface area contributed by atoms with Crippen LogP contribution in [0.2, 0.25) is 0 Å². The second-order valence-corrected chi connectivity index (χ2v) is 6.34. The van der Waals surface area contributed by atoms with Crippen molar-refractivity contribution < 1.29 is 23.8 Å². The fraction of sp³-hybridized carbons (Fsp3) is 0.105. The first-order valence-electron chi connectivity index (χ1n) is 7.84. The summed E-state index contributed by atoms with van der Waals surface area (Å²) >= 11 is 3.41. The van der Waals surface area contributed by atoms with Gasteiger partial charge in [-0.15, -0.1) is 0 Å². The lowest BCUT2D eigenvalue weighted by molar-refractivity contribution is -0.130. The lowest BCUT2D eigenvalue weighted by Crippen LogP contribution is -2.20. The summed E-state index contributed by atoms with van der Waals surface area (Å²) < 4.78 is 16.6. The zero-order valence-corrected chi connectivity index (χ0v) is 15.9. The van der Waals surface area contributed by atoms with E-state index in [4.69, 9.17) is 19.9 Å². The number of hydrogen-bond donors (Lipinski definition) is 1. The molecule has 0 bridgehead atoms. The summed E-state index contributed by atoms with van der Waals surface area (Å²) in [6, 6.07) is 12.3. The minimum atomic E-state index is -0.592. The monoisotopic (exact) mass is 430 g/mol. The SMILES string of the molecule is COc1cc(/C=C2\N=C(c3ccccc3Br)OC2=O)ccc1OCC(N)=O. The highest BCUT2D eigenvalue weighted by atomic mass is 79.9. The van der Waals surface area contributed by atoms with Gasteiger partial charge in [0.05, 0.1) is 12.7 Å². The average Bonchev–Trinajstić information content (AvgIpc) is 3.01. The number of carbonyl (C=O) groups is 2. The third-order valence-corrected chi connectivity index (χ3v) is 4.28. The molecule has 2 N–H and O–H groups in total. The second kappa shape index (κ2) is 8.05. The number of amides is 1. The number of nitrogens with two attached hydrogens (primary N) is 1. The van der Waals surface area contributed by atoms with E-state index in [0.717, 1.165) is 4.47 Å². The largest absolute Gasteiger partial charge is 0.493 e. The summed E-state index contributed by atoms with van der Waals surface area (Å²) in [5.41, 5.74) is 6.57.